The van der Waals surface area contributed by atoms with Crippen LogP contribution in [0.4, 0.5) is 0 Å². The molecule has 1 aromatic rings. The first-order valence-electron chi connectivity index (χ1n) is 6.35. The summed E-state index contributed by atoms with van der Waals surface area (Å²) in [6, 6.07) is 6.98. The van der Waals surface area contributed by atoms with Crippen LogP contribution in [0.15, 0.2) is 47.9 Å². The molecule has 0 atom stereocenters. The molecule has 0 heterocycles. The summed E-state index contributed by atoms with van der Waals surface area (Å²) in [4.78, 5) is 0.287. The van der Waals surface area contributed by atoms with Gasteiger partial charge in [-0.15, -0.1) is 0 Å². The largest absolute Gasteiger partial charge is 0.368 e. The average Bonchev–Trinajstić information content (AvgIpc) is 2.45. The van der Waals surface area contributed by atoms with E-state index in [4.69, 9.17) is 4.74 Å². The molecule has 0 unspecified atom stereocenters. The Morgan fingerprint density at radius 3 is 2.60 bits per heavy atom. The molecule has 0 fully saturated rings. The van der Waals surface area contributed by atoms with Gasteiger partial charge in [-0.25, -0.2) is 8.42 Å². The lowest BCUT2D eigenvalue weighted by Gasteiger charge is -2.19. The summed E-state index contributed by atoms with van der Waals surface area (Å²) in [5.74, 6) is 0. The molecule has 0 radical (unpaired) electrons. The Hall–Kier alpha value is -1.43. The Morgan fingerprint density at radius 2 is 2.05 bits per heavy atom. The van der Waals surface area contributed by atoms with Gasteiger partial charge in [0.05, 0.1) is 4.90 Å². The zero-order valence-corrected chi connectivity index (χ0v) is 13.0. The van der Waals surface area contributed by atoms with Crippen LogP contribution >= 0.6 is 0 Å². The predicted molar refractivity (Wildman–Crippen MR) is 81.7 cm³/mol. The Kier molecular flexibility index (Phi) is 6.13. The van der Waals surface area contributed by atoms with Gasteiger partial charge >= 0.3 is 0 Å². The molecular weight excluding hydrogens is 274 g/mol. The number of allylic oxidation sites excluding steroid dienone is 3. The molecule has 0 aliphatic rings. The Bertz CT molecular complexity index is 591. The lowest BCUT2D eigenvalue weighted by molar-refractivity contribution is 0.131. The van der Waals surface area contributed by atoms with Gasteiger partial charge in [0.15, 0.2) is 0 Å². The first kappa shape index (κ1) is 16.6. The zero-order valence-electron chi connectivity index (χ0n) is 12.2. The van der Waals surface area contributed by atoms with E-state index < -0.39 is 10.0 Å². The molecular formula is C15H21NO3S. The van der Waals surface area contributed by atoms with Crippen molar-refractivity contribution in [2.75, 3.05) is 20.9 Å². The second-order valence-electron chi connectivity index (χ2n) is 4.30. The van der Waals surface area contributed by atoms with E-state index in [0.29, 0.717) is 5.56 Å². The maximum Gasteiger partial charge on any atom is 0.245 e. The van der Waals surface area contributed by atoms with E-state index in [1.165, 1.54) is 18.5 Å². The number of hydrogen-bond acceptors (Lipinski definition) is 3. The molecule has 0 aliphatic carbocycles. The third-order valence-corrected chi connectivity index (χ3v) is 4.77. The van der Waals surface area contributed by atoms with Gasteiger partial charge < -0.3 is 4.74 Å². The topological polar surface area (TPSA) is 46.6 Å². The van der Waals surface area contributed by atoms with Crippen LogP contribution < -0.4 is 0 Å². The Morgan fingerprint density at radius 1 is 1.40 bits per heavy atom. The van der Waals surface area contributed by atoms with Crippen LogP contribution in [0.3, 0.4) is 0 Å². The first-order chi connectivity index (χ1) is 9.48. The van der Waals surface area contributed by atoms with Gasteiger partial charge in [-0.1, -0.05) is 43.9 Å². The minimum atomic E-state index is -3.57. The Balaban J connectivity index is 3.40. The first-order valence-corrected chi connectivity index (χ1v) is 7.79. The van der Waals surface area contributed by atoms with Crippen molar-refractivity contribution in [3.05, 3.63) is 48.6 Å². The van der Waals surface area contributed by atoms with Gasteiger partial charge in [-0.05, 0) is 23.6 Å². The van der Waals surface area contributed by atoms with E-state index in [9.17, 15) is 8.42 Å². The fraction of sp³-hybridized carbons (Fsp3) is 0.333. The van der Waals surface area contributed by atoms with Crippen LogP contribution in [0.1, 0.15) is 18.9 Å². The summed E-state index contributed by atoms with van der Waals surface area (Å²) < 4.78 is 31.2. The molecule has 0 spiro atoms. The molecule has 0 bridgehead atoms. The van der Waals surface area contributed by atoms with E-state index >= 15 is 0 Å². The van der Waals surface area contributed by atoms with E-state index in [1.807, 2.05) is 25.1 Å². The van der Waals surface area contributed by atoms with E-state index in [0.717, 1.165) is 12.0 Å². The van der Waals surface area contributed by atoms with Crippen LogP contribution in [-0.2, 0) is 14.8 Å². The molecule has 0 amide bonds. The number of hydrogen-bond donors (Lipinski definition) is 0. The maximum absolute atomic E-state index is 12.6. The minimum absolute atomic E-state index is 0.0172. The van der Waals surface area contributed by atoms with Crippen LogP contribution in [0.2, 0.25) is 0 Å². The minimum Gasteiger partial charge on any atom is -0.368 e. The van der Waals surface area contributed by atoms with Gasteiger partial charge in [-0.2, -0.15) is 4.31 Å². The van der Waals surface area contributed by atoms with Crippen molar-refractivity contribution >= 4 is 15.6 Å². The molecule has 5 heteroatoms. The van der Waals surface area contributed by atoms with Crippen LogP contribution in [0.25, 0.3) is 5.57 Å². The molecule has 0 aromatic heterocycles. The quantitative estimate of drug-likeness (QED) is 0.574. The highest BCUT2D eigenvalue weighted by atomic mass is 32.2. The third kappa shape index (κ3) is 3.56. The normalized spacial score (nSPS) is 12.7. The van der Waals surface area contributed by atoms with E-state index in [-0.39, 0.29) is 11.6 Å². The number of sulfonamides is 1. The second-order valence-corrected chi connectivity index (χ2v) is 6.31. The number of methoxy groups -OCH3 is 1. The molecule has 0 aliphatic heterocycles. The summed E-state index contributed by atoms with van der Waals surface area (Å²) in [6.07, 6.45) is 4.23. The Labute approximate surface area is 121 Å². The number of benzene rings is 1. The molecule has 110 valence electrons. The zero-order chi connectivity index (χ0) is 15.2. The van der Waals surface area contributed by atoms with Crippen molar-refractivity contribution in [2.45, 2.75) is 18.2 Å². The predicted octanol–water partition coefficient (Wildman–Crippen LogP) is 2.89. The summed E-state index contributed by atoms with van der Waals surface area (Å²) in [6.45, 7) is 5.67. The highest BCUT2D eigenvalue weighted by Gasteiger charge is 2.24. The molecule has 0 saturated heterocycles. The molecule has 0 saturated carbocycles. The number of ether oxygens (including phenoxy) is 1. The van der Waals surface area contributed by atoms with Crippen molar-refractivity contribution < 1.29 is 13.2 Å². The van der Waals surface area contributed by atoms with Crippen molar-refractivity contribution in [3.63, 3.8) is 0 Å². The average molecular weight is 295 g/mol. The smallest absolute Gasteiger partial charge is 0.245 e. The van der Waals surface area contributed by atoms with Crippen LogP contribution in [-0.4, -0.2) is 33.6 Å². The van der Waals surface area contributed by atoms with Gasteiger partial charge in [0.2, 0.25) is 10.0 Å². The molecule has 1 aromatic carbocycles. The standard InChI is InChI=1S/C15H21NO3S/c1-5-9-13(6-2)14-10-7-8-11-15(14)20(17,18)16(3)12-19-4/h5,7-11H,1,6,12H2,2-4H3/b13-9+. The van der Waals surface area contributed by atoms with Gasteiger partial charge in [0.1, 0.15) is 6.73 Å². The monoisotopic (exact) mass is 295 g/mol. The van der Waals surface area contributed by atoms with Crippen molar-refractivity contribution in [2.24, 2.45) is 0 Å². The van der Waals surface area contributed by atoms with Crippen LogP contribution in [0, 0.1) is 0 Å². The molecule has 0 N–H and O–H groups in total. The summed E-state index contributed by atoms with van der Waals surface area (Å²) in [7, 11) is -0.608. The fourth-order valence-corrected chi connectivity index (χ4v) is 3.22. The summed E-state index contributed by atoms with van der Waals surface area (Å²) in [5.41, 5.74) is 1.64. The highest BCUT2D eigenvalue weighted by Crippen LogP contribution is 2.27. The fourth-order valence-electron chi connectivity index (χ4n) is 1.92. The lowest BCUT2D eigenvalue weighted by atomic mass is 10.0. The molecule has 20 heavy (non-hydrogen) atoms. The lowest BCUT2D eigenvalue weighted by Crippen LogP contribution is -2.29. The SMILES string of the molecule is C=C/C=C(\CC)c1ccccc1S(=O)(=O)N(C)COC. The highest BCUT2D eigenvalue weighted by molar-refractivity contribution is 7.89. The van der Waals surface area contributed by atoms with Gasteiger partial charge in [-0.3, -0.25) is 0 Å². The van der Waals surface area contributed by atoms with Crippen molar-refractivity contribution in [3.8, 4) is 0 Å². The third-order valence-electron chi connectivity index (χ3n) is 2.93. The molecule has 4 nitrogen and oxygen atoms in total. The van der Waals surface area contributed by atoms with Crippen LogP contribution in [0.5, 0.6) is 0 Å². The summed E-state index contributed by atoms with van der Waals surface area (Å²) >= 11 is 0. The number of rotatable bonds is 7. The van der Waals surface area contributed by atoms with Crippen molar-refractivity contribution in [1.82, 2.24) is 4.31 Å². The maximum atomic E-state index is 12.6. The van der Waals surface area contributed by atoms with E-state index in [1.54, 1.807) is 18.2 Å². The van der Waals surface area contributed by atoms with Gasteiger partial charge in [0.25, 0.3) is 0 Å². The van der Waals surface area contributed by atoms with E-state index in [2.05, 4.69) is 6.58 Å². The second kappa shape index (κ2) is 7.38. The summed E-state index contributed by atoms with van der Waals surface area (Å²) in [5, 5.41) is 0. The molecule has 1 rings (SSSR count). The van der Waals surface area contributed by atoms with Crippen molar-refractivity contribution in [1.29, 1.82) is 0 Å². The number of nitrogens with zero attached hydrogens (tertiary/aromatic N) is 1. The van der Waals surface area contributed by atoms with Gasteiger partial charge in [0, 0.05) is 14.2 Å².